The van der Waals surface area contributed by atoms with E-state index in [4.69, 9.17) is 18.0 Å². The lowest BCUT2D eigenvalue weighted by molar-refractivity contribution is 1.44. The summed E-state index contributed by atoms with van der Waals surface area (Å²) in [5.41, 5.74) is 7.41. The van der Waals surface area contributed by atoms with E-state index in [1.165, 1.54) is 0 Å². The van der Waals surface area contributed by atoms with E-state index in [0.717, 1.165) is 15.7 Å². The predicted molar refractivity (Wildman–Crippen MR) is 59.3 cm³/mol. The van der Waals surface area contributed by atoms with Crippen molar-refractivity contribution in [2.24, 2.45) is 5.73 Å². The molecule has 0 aliphatic carbocycles. The number of rotatable bonds is 1. The van der Waals surface area contributed by atoms with E-state index in [-0.39, 0.29) is 5.11 Å². The summed E-state index contributed by atoms with van der Waals surface area (Å²) in [6, 6.07) is 5.94. The molecule has 0 amide bonds. The summed E-state index contributed by atoms with van der Waals surface area (Å²) in [4.78, 5) is 0. The number of aryl methyl sites for hydroxylation is 1. The fraction of sp³-hybridized carbons (Fsp3) is 0.125. The second-order valence-corrected chi connectivity index (χ2v) is 3.77. The molecule has 0 saturated carbocycles. The fourth-order valence-electron chi connectivity index (χ4n) is 0.868. The van der Waals surface area contributed by atoms with Gasteiger partial charge >= 0.3 is 0 Å². The van der Waals surface area contributed by atoms with Crippen molar-refractivity contribution in [1.82, 2.24) is 0 Å². The summed E-state index contributed by atoms with van der Waals surface area (Å²) in [6.45, 7) is 2.01. The van der Waals surface area contributed by atoms with Crippen molar-refractivity contribution >= 4 is 38.9 Å². The Kier molecular flexibility index (Phi) is 3.05. The third-order valence-corrected chi connectivity index (χ3v) is 2.17. The lowest BCUT2D eigenvalue weighted by Gasteiger charge is -2.06. The van der Waals surface area contributed by atoms with Crippen molar-refractivity contribution in [3.05, 3.63) is 28.2 Å². The number of thiocarbonyl (C=S) groups is 1. The molecular weight excluding hydrogens is 236 g/mol. The summed E-state index contributed by atoms with van der Waals surface area (Å²) in [6.07, 6.45) is 0. The van der Waals surface area contributed by atoms with E-state index in [0.29, 0.717) is 0 Å². The van der Waals surface area contributed by atoms with Crippen molar-refractivity contribution < 1.29 is 0 Å². The van der Waals surface area contributed by atoms with Crippen LogP contribution in [0.15, 0.2) is 22.7 Å². The third kappa shape index (κ3) is 2.46. The minimum Gasteiger partial charge on any atom is -0.376 e. The molecular formula is C8H9BrN2S. The lowest BCUT2D eigenvalue weighted by atomic mass is 10.2. The maximum Gasteiger partial charge on any atom is 0.168 e. The summed E-state index contributed by atoms with van der Waals surface area (Å²) < 4.78 is 0.959. The molecule has 0 unspecified atom stereocenters. The molecule has 0 atom stereocenters. The molecule has 1 rings (SSSR count). The molecule has 1 aromatic rings. The Morgan fingerprint density at radius 2 is 2.25 bits per heavy atom. The molecule has 0 radical (unpaired) electrons. The Balaban J connectivity index is 2.97. The van der Waals surface area contributed by atoms with Crippen LogP contribution in [0.4, 0.5) is 5.69 Å². The van der Waals surface area contributed by atoms with Crippen molar-refractivity contribution in [2.75, 3.05) is 5.32 Å². The Hall–Kier alpha value is -0.610. The molecule has 0 fully saturated rings. The van der Waals surface area contributed by atoms with Crippen LogP contribution in [0.3, 0.4) is 0 Å². The first-order valence-electron chi connectivity index (χ1n) is 3.42. The van der Waals surface area contributed by atoms with E-state index in [1.807, 2.05) is 25.1 Å². The van der Waals surface area contributed by atoms with Crippen LogP contribution in [-0.2, 0) is 0 Å². The van der Waals surface area contributed by atoms with Crippen molar-refractivity contribution in [1.29, 1.82) is 0 Å². The maximum absolute atomic E-state index is 5.34. The predicted octanol–water partition coefficient (Wildman–Crippen LogP) is 2.41. The van der Waals surface area contributed by atoms with Crippen molar-refractivity contribution in [2.45, 2.75) is 6.92 Å². The zero-order valence-electron chi connectivity index (χ0n) is 6.60. The van der Waals surface area contributed by atoms with Gasteiger partial charge in [0.15, 0.2) is 5.11 Å². The summed E-state index contributed by atoms with van der Waals surface area (Å²) in [5.74, 6) is 0. The lowest BCUT2D eigenvalue weighted by Crippen LogP contribution is -2.19. The highest BCUT2D eigenvalue weighted by molar-refractivity contribution is 9.10. The third-order valence-electron chi connectivity index (χ3n) is 1.38. The monoisotopic (exact) mass is 244 g/mol. The van der Waals surface area contributed by atoms with Gasteiger partial charge in [-0.15, -0.1) is 0 Å². The molecule has 2 nitrogen and oxygen atoms in total. The Morgan fingerprint density at radius 1 is 1.58 bits per heavy atom. The van der Waals surface area contributed by atoms with Gasteiger partial charge in [0.2, 0.25) is 0 Å². The second kappa shape index (κ2) is 3.87. The molecule has 0 saturated heterocycles. The van der Waals surface area contributed by atoms with Gasteiger partial charge in [-0.25, -0.2) is 0 Å². The van der Waals surface area contributed by atoms with E-state index in [9.17, 15) is 0 Å². The average molecular weight is 245 g/mol. The number of benzene rings is 1. The van der Waals surface area contributed by atoms with Gasteiger partial charge in [0.1, 0.15) is 0 Å². The van der Waals surface area contributed by atoms with E-state index in [2.05, 4.69) is 21.2 Å². The summed E-state index contributed by atoms with van der Waals surface area (Å²) in [7, 11) is 0. The molecule has 0 bridgehead atoms. The number of hydrogen-bond donors (Lipinski definition) is 2. The highest BCUT2D eigenvalue weighted by Crippen LogP contribution is 2.22. The zero-order chi connectivity index (χ0) is 9.14. The van der Waals surface area contributed by atoms with E-state index < -0.39 is 0 Å². The smallest absolute Gasteiger partial charge is 0.168 e. The van der Waals surface area contributed by atoms with Crippen LogP contribution in [0, 0.1) is 6.92 Å². The summed E-state index contributed by atoms with van der Waals surface area (Å²) >= 11 is 8.11. The van der Waals surface area contributed by atoms with E-state index >= 15 is 0 Å². The SMILES string of the molecule is Cc1ccc(Br)c(NC(N)=S)c1. The quantitative estimate of drug-likeness (QED) is 0.746. The normalized spacial score (nSPS) is 9.50. The van der Waals surface area contributed by atoms with Crippen LogP contribution < -0.4 is 11.1 Å². The molecule has 1 aromatic carbocycles. The van der Waals surface area contributed by atoms with Crippen molar-refractivity contribution in [3.8, 4) is 0 Å². The molecule has 12 heavy (non-hydrogen) atoms. The fourth-order valence-corrected chi connectivity index (χ4v) is 1.32. The molecule has 0 heterocycles. The summed E-state index contributed by atoms with van der Waals surface area (Å²) in [5, 5.41) is 3.16. The number of halogens is 1. The standard InChI is InChI=1S/C8H9BrN2S/c1-5-2-3-6(9)7(4-5)11-8(10)12/h2-4H,1H3,(H3,10,11,12). The first-order valence-corrected chi connectivity index (χ1v) is 4.62. The van der Waals surface area contributed by atoms with Gasteiger partial charge in [0.25, 0.3) is 0 Å². The second-order valence-electron chi connectivity index (χ2n) is 2.47. The first-order chi connectivity index (χ1) is 5.59. The largest absolute Gasteiger partial charge is 0.376 e. The number of nitrogens with one attached hydrogen (secondary N) is 1. The number of hydrogen-bond acceptors (Lipinski definition) is 1. The topological polar surface area (TPSA) is 38.0 Å². The van der Waals surface area contributed by atoms with Crippen LogP contribution in [0.5, 0.6) is 0 Å². The van der Waals surface area contributed by atoms with Crippen LogP contribution in [0.25, 0.3) is 0 Å². The van der Waals surface area contributed by atoms with Crippen LogP contribution >= 0.6 is 28.1 Å². The molecule has 0 spiro atoms. The molecule has 3 N–H and O–H groups in total. The Morgan fingerprint density at radius 3 is 2.83 bits per heavy atom. The molecule has 64 valence electrons. The van der Waals surface area contributed by atoms with E-state index in [1.54, 1.807) is 0 Å². The van der Waals surface area contributed by atoms with Crippen LogP contribution in [-0.4, -0.2) is 5.11 Å². The van der Waals surface area contributed by atoms with Crippen LogP contribution in [0.1, 0.15) is 5.56 Å². The molecule has 0 aliphatic heterocycles. The van der Waals surface area contributed by atoms with Crippen LogP contribution in [0.2, 0.25) is 0 Å². The Bertz CT molecular complexity index is 312. The van der Waals surface area contributed by atoms with Crippen molar-refractivity contribution in [3.63, 3.8) is 0 Å². The van der Waals surface area contributed by atoms with Gasteiger partial charge in [-0.05, 0) is 52.8 Å². The van der Waals surface area contributed by atoms with Gasteiger partial charge in [-0.2, -0.15) is 0 Å². The van der Waals surface area contributed by atoms with Gasteiger partial charge in [-0.1, -0.05) is 6.07 Å². The average Bonchev–Trinajstić information content (AvgIpc) is 1.96. The number of nitrogens with two attached hydrogens (primary N) is 1. The van der Waals surface area contributed by atoms with Gasteiger partial charge in [0, 0.05) is 4.47 Å². The molecule has 0 aromatic heterocycles. The highest BCUT2D eigenvalue weighted by atomic mass is 79.9. The first kappa shape index (κ1) is 9.48. The van der Waals surface area contributed by atoms with Gasteiger partial charge in [0.05, 0.1) is 5.69 Å². The maximum atomic E-state index is 5.34. The Labute approximate surface area is 85.3 Å². The van der Waals surface area contributed by atoms with Gasteiger partial charge < -0.3 is 11.1 Å². The number of anilines is 1. The molecule has 4 heteroatoms. The minimum atomic E-state index is 0.279. The minimum absolute atomic E-state index is 0.279. The molecule has 0 aliphatic rings. The van der Waals surface area contributed by atoms with Gasteiger partial charge in [-0.3, -0.25) is 0 Å². The zero-order valence-corrected chi connectivity index (χ0v) is 9.00. The highest BCUT2D eigenvalue weighted by Gasteiger charge is 1.99.